The van der Waals surface area contributed by atoms with Gasteiger partial charge in [0.05, 0.1) is 12.1 Å². The number of aromatic nitrogens is 1. The molecule has 1 aromatic heterocycles. The molecule has 0 aliphatic carbocycles. The number of fused-ring (bicyclic) bond motifs is 1. The number of carbonyl (C=O) groups excluding carboxylic acids is 1. The highest BCUT2D eigenvalue weighted by Gasteiger charge is 2.13. The Bertz CT molecular complexity index is 655. The van der Waals surface area contributed by atoms with Gasteiger partial charge in [0.2, 0.25) is 0 Å². The van der Waals surface area contributed by atoms with E-state index in [9.17, 15) is 4.79 Å². The van der Waals surface area contributed by atoms with Crippen molar-refractivity contribution in [3.63, 3.8) is 0 Å². The average molecular weight is 287 g/mol. The quantitative estimate of drug-likeness (QED) is 0.604. The second kappa shape index (κ2) is 7.09. The van der Waals surface area contributed by atoms with Crippen LogP contribution in [0.4, 0.5) is 0 Å². The highest BCUT2D eigenvalue weighted by atomic mass is 16.5. The molecule has 2 aromatic rings. The molecule has 0 fully saturated rings. The molecule has 0 atom stereocenters. The third kappa shape index (κ3) is 3.16. The maximum Gasteiger partial charge on any atom is 0.330 e. The van der Waals surface area contributed by atoms with Gasteiger partial charge in [0.1, 0.15) is 6.73 Å². The van der Waals surface area contributed by atoms with Crippen molar-refractivity contribution >= 4 is 22.9 Å². The number of benzene rings is 1. The third-order valence-electron chi connectivity index (χ3n) is 3.39. The van der Waals surface area contributed by atoms with E-state index in [-0.39, 0.29) is 5.97 Å². The molecule has 0 spiro atoms. The van der Waals surface area contributed by atoms with E-state index in [0.717, 1.165) is 28.6 Å². The molecular formula is C17H21NO3. The summed E-state index contributed by atoms with van der Waals surface area (Å²) in [6, 6.07) is 8.13. The maximum atomic E-state index is 11.5. The fourth-order valence-electron chi connectivity index (χ4n) is 2.57. The minimum atomic E-state index is -0.317. The Balaban J connectivity index is 2.53. The van der Waals surface area contributed by atoms with Crippen LogP contribution in [-0.2, 0) is 27.4 Å². The molecule has 0 aliphatic heterocycles. The van der Waals surface area contributed by atoms with Crippen molar-refractivity contribution in [2.75, 3.05) is 13.7 Å². The molecule has 4 nitrogen and oxygen atoms in total. The van der Waals surface area contributed by atoms with Gasteiger partial charge >= 0.3 is 5.97 Å². The summed E-state index contributed by atoms with van der Waals surface area (Å²) in [6.07, 6.45) is 4.19. The van der Waals surface area contributed by atoms with Gasteiger partial charge in [0.25, 0.3) is 0 Å². The lowest BCUT2D eigenvalue weighted by Gasteiger charge is -2.08. The number of hydrogen-bond acceptors (Lipinski definition) is 3. The number of methoxy groups -OCH3 is 1. The van der Waals surface area contributed by atoms with E-state index < -0.39 is 0 Å². The molecule has 4 heteroatoms. The van der Waals surface area contributed by atoms with Crippen molar-refractivity contribution in [1.82, 2.24) is 4.57 Å². The minimum absolute atomic E-state index is 0.317. The molecule has 0 saturated heterocycles. The molecule has 0 saturated carbocycles. The molecular weight excluding hydrogens is 266 g/mol. The summed E-state index contributed by atoms with van der Waals surface area (Å²) >= 11 is 0. The Morgan fingerprint density at radius 1 is 1.29 bits per heavy atom. The summed E-state index contributed by atoms with van der Waals surface area (Å²) in [5, 5.41) is 1.12. The average Bonchev–Trinajstić information content (AvgIpc) is 2.79. The molecule has 1 aromatic carbocycles. The third-order valence-corrected chi connectivity index (χ3v) is 3.39. The first kappa shape index (κ1) is 15.3. The molecule has 0 aliphatic rings. The Labute approximate surface area is 125 Å². The van der Waals surface area contributed by atoms with Crippen LogP contribution in [0.25, 0.3) is 17.0 Å². The topological polar surface area (TPSA) is 40.5 Å². The van der Waals surface area contributed by atoms with Crippen LogP contribution in [0.1, 0.15) is 25.1 Å². The first-order valence-corrected chi connectivity index (χ1v) is 7.16. The highest BCUT2D eigenvalue weighted by molar-refractivity contribution is 5.95. The van der Waals surface area contributed by atoms with E-state index in [4.69, 9.17) is 9.47 Å². The van der Waals surface area contributed by atoms with Crippen LogP contribution in [-0.4, -0.2) is 24.3 Å². The van der Waals surface area contributed by atoms with Gasteiger partial charge in [-0.25, -0.2) is 4.79 Å². The van der Waals surface area contributed by atoms with Gasteiger partial charge in [-0.05, 0) is 25.5 Å². The fraction of sp³-hybridized carbons (Fsp3) is 0.353. The lowest BCUT2D eigenvalue weighted by atomic mass is 10.1. The predicted molar refractivity (Wildman–Crippen MR) is 84.0 cm³/mol. The van der Waals surface area contributed by atoms with Crippen molar-refractivity contribution in [1.29, 1.82) is 0 Å². The summed E-state index contributed by atoms with van der Waals surface area (Å²) in [4.78, 5) is 11.5. The van der Waals surface area contributed by atoms with Gasteiger partial charge in [-0.1, -0.05) is 25.1 Å². The summed E-state index contributed by atoms with van der Waals surface area (Å²) < 4.78 is 12.4. The molecule has 21 heavy (non-hydrogen) atoms. The Morgan fingerprint density at radius 3 is 2.71 bits per heavy atom. The lowest BCUT2D eigenvalue weighted by Crippen LogP contribution is -2.04. The SMILES string of the molecule is CCOC(=O)/C=C\c1c(CC)n(COC)c2ccccc12. The van der Waals surface area contributed by atoms with Crippen molar-refractivity contribution in [3.05, 3.63) is 41.6 Å². The van der Waals surface area contributed by atoms with Crippen molar-refractivity contribution in [2.24, 2.45) is 0 Å². The summed E-state index contributed by atoms with van der Waals surface area (Å²) in [6.45, 7) is 4.78. The van der Waals surface area contributed by atoms with Gasteiger partial charge in [0, 0.05) is 29.8 Å². The summed E-state index contributed by atoms with van der Waals surface area (Å²) in [7, 11) is 1.68. The Morgan fingerprint density at radius 2 is 2.05 bits per heavy atom. The maximum absolute atomic E-state index is 11.5. The number of carbonyl (C=O) groups is 1. The van der Waals surface area contributed by atoms with Gasteiger partial charge in [-0.15, -0.1) is 0 Å². The molecule has 0 bridgehead atoms. The first-order chi connectivity index (χ1) is 10.2. The molecule has 0 radical (unpaired) electrons. The fourth-order valence-corrected chi connectivity index (χ4v) is 2.57. The number of hydrogen-bond donors (Lipinski definition) is 0. The lowest BCUT2D eigenvalue weighted by molar-refractivity contribution is -0.137. The zero-order valence-electron chi connectivity index (χ0n) is 12.8. The normalized spacial score (nSPS) is 11.4. The summed E-state index contributed by atoms with van der Waals surface area (Å²) in [5.74, 6) is -0.317. The molecule has 0 amide bonds. The van der Waals surface area contributed by atoms with Crippen molar-refractivity contribution in [2.45, 2.75) is 27.0 Å². The molecule has 112 valence electrons. The first-order valence-electron chi connectivity index (χ1n) is 7.16. The molecule has 1 heterocycles. The molecule has 0 N–H and O–H groups in total. The number of nitrogens with zero attached hydrogens (tertiary/aromatic N) is 1. The van der Waals surface area contributed by atoms with E-state index in [1.54, 1.807) is 14.0 Å². The largest absolute Gasteiger partial charge is 0.463 e. The van der Waals surface area contributed by atoms with Crippen LogP contribution < -0.4 is 0 Å². The molecule has 2 rings (SSSR count). The number of ether oxygens (including phenoxy) is 2. The van der Waals surface area contributed by atoms with Crippen LogP contribution >= 0.6 is 0 Å². The van der Waals surface area contributed by atoms with E-state index >= 15 is 0 Å². The van der Waals surface area contributed by atoms with Crippen molar-refractivity contribution in [3.8, 4) is 0 Å². The van der Waals surface area contributed by atoms with Crippen LogP contribution in [0, 0.1) is 0 Å². The van der Waals surface area contributed by atoms with E-state index in [1.807, 2.05) is 18.2 Å². The monoisotopic (exact) mass is 287 g/mol. The van der Waals surface area contributed by atoms with Crippen LogP contribution in [0.5, 0.6) is 0 Å². The van der Waals surface area contributed by atoms with E-state index in [0.29, 0.717) is 13.3 Å². The van der Waals surface area contributed by atoms with Gasteiger partial charge < -0.3 is 14.0 Å². The second-order valence-electron chi connectivity index (χ2n) is 4.66. The number of para-hydroxylation sites is 1. The molecule has 0 unspecified atom stereocenters. The minimum Gasteiger partial charge on any atom is -0.463 e. The van der Waals surface area contributed by atoms with E-state index in [2.05, 4.69) is 23.6 Å². The van der Waals surface area contributed by atoms with Crippen molar-refractivity contribution < 1.29 is 14.3 Å². The van der Waals surface area contributed by atoms with Gasteiger partial charge in [-0.3, -0.25) is 0 Å². The van der Waals surface area contributed by atoms with Gasteiger partial charge in [0.15, 0.2) is 0 Å². The zero-order chi connectivity index (χ0) is 15.2. The van der Waals surface area contributed by atoms with Gasteiger partial charge in [-0.2, -0.15) is 0 Å². The van der Waals surface area contributed by atoms with Crippen LogP contribution in [0.3, 0.4) is 0 Å². The second-order valence-corrected chi connectivity index (χ2v) is 4.66. The Hall–Kier alpha value is -2.07. The predicted octanol–water partition coefficient (Wildman–Crippen LogP) is 3.38. The van der Waals surface area contributed by atoms with E-state index in [1.165, 1.54) is 6.08 Å². The van der Waals surface area contributed by atoms with Crippen LogP contribution in [0.15, 0.2) is 30.3 Å². The smallest absolute Gasteiger partial charge is 0.330 e. The zero-order valence-corrected chi connectivity index (χ0v) is 12.8. The summed E-state index contributed by atoms with van der Waals surface area (Å²) in [5.41, 5.74) is 3.32. The number of rotatable bonds is 6. The van der Waals surface area contributed by atoms with Crippen LogP contribution in [0.2, 0.25) is 0 Å². The standard InChI is InChI=1S/C17H21NO3/c1-4-15-14(10-11-17(19)21-5-2)13-8-6-7-9-16(13)18(15)12-20-3/h6-11H,4-5,12H2,1-3H3/b11-10-. The number of esters is 1. The Kier molecular flexibility index (Phi) is 5.17. The highest BCUT2D eigenvalue weighted by Crippen LogP contribution is 2.28.